The maximum Gasteiger partial charge on any atom is 0.391 e. The molecule has 27 heavy (non-hydrogen) atoms. The van der Waals surface area contributed by atoms with Crippen LogP contribution >= 0.6 is 0 Å². The number of hydrogen-bond acceptors (Lipinski definition) is 4. The van der Waals surface area contributed by atoms with E-state index in [-0.39, 0.29) is 29.6 Å². The van der Waals surface area contributed by atoms with E-state index in [0.29, 0.717) is 12.8 Å². The third-order valence-corrected chi connectivity index (χ3v) is 5.01. The van der Waals surface area contributed by atoms with Crippen molar-refractivity contribution in [3.8, 4) is 0 Å². The Morgan fingerprint density at radius 2 is 1.89 bits per heavy atom. The van der Waals surface area contributed by atoms with Crippen LogP contribution in [0, 0.1) is 5.92 Å². The van der Waals surface area contributed by atoms with E-state index in [1.165, 1.54) is 26.2 Å². The highest BCUT2D eigenvalue weighted by molar-refractivity contribution is 5.94. The first-order chi connectivity index (χ1) is 12.6. The maximum atomic E-state index is 12.9. The number of hydrogen-bond donors (Lipinski definition) is 1. The number of halogens is 3. The van der Waals surface area contributed by atoms with Gasteiger partial charge in [-0.25, -0.2) is 9.78 Å². The first kappa shape index (κ1) is 19.1. The maximum absolute atomic E-state index is 12.9. The van der Waals surface area contributed by atoms with E-state index in [2.05, 4.69) is 10.3 Å². The summed E-state index contributed by atoms with van der Waals surface area (Å²) in [5, 5.41) is 2.76. The van der Waals surface area contributed by atoms with Crippen molar-refractivity contribution in [2.45, 2.75) is 37.9 Å². The van der Waals surface area contributed by atoms with Crippen molar-refractivity contribution >= 4 is 16.9 Å². The summed E-state index contributed by atoms with van der Waals surface area (Å²) in [5.41, 5.74) is -1.13. The standard InChI is InChI=1S/C17H19F3N4O3/c1-23-13-11(15(26)24(2)16(23)27)6-7-12(22-13)14(25)21-10-5-3-4-9(8-10)17(18,19)20/h6-7,9-10H,3-5,8H2,1-2H3,(H,21,25). The highest BCUT2D eigenvalue weighted by atomic mass is 19.4. The molecule has 0 aromatic carbocycles. The molecule has 2 heterocycles. The summed E-state index contributed by atoms with van der Waals surface area (Å²) >= 11 is 0. The summed E-state index contributed by atoms with van der Waals surface area (Å²) in [6, 6.07) is 2.12. The third-order valence-electron chi connectivity index (χ3n) is 5.01. The lowest BCUT2D eigenvalue weighted by atomic mass is 9.85. The van der Waals surface area contributed by atoms with Crippen LogP contribution in [-0.2, 0) is 14.1 Å². The molecular formula is C17H19F3N4O3. The molecule has 3 rings (SSSR count). The molecule has 1 fully saturated rings. The van der Waals surface area contributed by atoms with Crippen molar-refractivity contribution in [1.82, 2.24) is 19.4 Å². The Bertz CT molecular complexity index is 1010. The van der Waals surface area contributed by atoms with Gasteiger partial charge in [0.25, 0.3) is 11.5 Å². The molecule has 2 aromatic heterocycles. The zero-order valence-electron chi connectivity index (χ0n) is 14.8. The van der Waals surface area contributed by atoms with Gasteiger partial charge in [0.05, 0.1) is 11.3 Å². The van der Waals surface area contributed by atoms with Gasteiger partial charge >= 0.3 is 11.9 Å². The zero-order chi connectivity index (χ0) is 19.9. The van der Waals surface area contributed by atoms with Gasteiger partial charge in [-0.05, 0) is 31.4 Å². The fourth-order valence-electron chi connectivity index (χ4n) is 3.46. The number of nitrogens with zero attached hydrogens (tertiary/aromatic N) is 3. The van der Waals surface area contributed by atoms with Crippen molar-refractivity contribution < 1.29 is 18.0 Å². The first-order valence-electron chi connectivity index (χ1n) is 8.54. The number of carbonyl (C=O) groups excluding carboxylic acids is 1. The highest BCUT2D eigenvalue weighted by Gasteiger charge is 2.42. The van der Waals surface area contributed by atoms with Crippen molar-refractivity contribution in [2.24, 2.45) is 20.0 Å². The molecule has 7 nitrogen and oxygen atoms in total. The van der Waals surface area contributed by atoms with Crippen molar-refractivity contribution in [3.63, 3.8) is 0 Å². The number of nitrogens with one attached hydrogen (secondary N) is 1. The van der Waals surface area contributed by atoms with Crippen molar-refractivity contribution in [1.29, 1.82) is 0 Å². The fraction of sp³-hybridized carbons (Fsp3) is 0.529. The van der Waals surface area contributed by atoms with E-state index in [0.717, 1.165) is 9.13 Å². The van der Waals surface area contributed by atoms with Gasteiger partial charge in [0.1, 0.15) is 11.3 Å². The van der Waals surface area contributed by atoms with E-state index >= 15 is 0 Å². The number of aryl methyl sites for hydroxylation is 1. The second kappa shape index (κ2) is 6.82. The second-order valence-electron chi connectivity index (χ2n) is 6.85. The summed E-state index contributed by atoms with van der Waals surface area (Å²) in [6.45, 7) is 0. The van der Waals surface area contributed by atoms with Gasteiger partial charge in [-0.1, -0.05) is 6.42 Å². The van der Waals surface area contributed by atoms with Crippen LogP contribution in [-0.4, -0.2) is 32.2 Å². The molecule has 2 aromatic rings. The number of amides is 1. The topological polar surface area (TPSA) is 86.0 Å². The molecule has 2 unspecified atom stereocenters. The van der Waals surface area contributed by atoms with Gasteiger partial charge in [0, 0.05) is 20.1 Å². The normalized spacial score (nSPS) is 20.6. The summed E-state index contributed by atoms with van der Waals surface area (Å²) < 4.78 is 40.8. The lowest BCUT2D eigenvalue weighted by molar-refractivity contribution is -0.183. The van der Waals surface area contributed by atoms with Crippen LogP contribution in [0.1, 0.15) is 36.2 Å². The third kappa shape index (κ3) is 3.60. The monoisotopic (exact) mass is 384 g/mol. The van der Waals surface area contributed by atoms with Crippen molar-refractivity contribution in [3.05, 3.63) is 38.7 Å². The Hall–Kier alpha value is -2.65. The number of pyridine rings is 1. The molecule has 0 saturated heterocycles. The summed E-state index contributed by atoms with van der Waals surface area (Å²) in [7, 11) is 2.76. The number of alkyl halides is 3. The lowest BCUT2D eigenvalue weighted by Gasteiger charge is -2.30. The largest absolute Gasteiger partial charge is 0.391 e. The molecule has 10 heteroatoms. The van der Waals surface area contributed by atoms with Crippen LogP contribution in [0.3, 0.4) is 0 Å². The molecule has 1 N–H and O–H groups in total. The van der Waals surface area contributed by atoms with E-state index in [1.54, 1.807) is 0 Å². The predicted molar refractivity (Wildman–Crippen MR) is 91.5 cm³/mol. The molecule has 1 aliphatic carbocycles. The number of aromatic nitrogens is 3. The Morgan fingerprint density at radius 1 is 1.19 bits per heavy atom. The number of carbonyl (C=O) groups is 1. The predicted octanol–water partition coefficient (Wildman–Crippen LogP) is 1.48. The van der Waals surface area contributed by atoms with Crippen LogP contribution < -0.4 is 16.6 Å². The van der Waals surface area contributed by atoms with Gasteiger partial charge in [-0.15, -0.1) is 0 Å². The van der Waals surface area contributed by atoms with Gasteiger partial charge in [-0.2, -0.15) is 13.2 Å². The van der Waals surface area contributed by atoms with Crippen LogP contribution in [0.25, 0.3) is 11.0 Å². The Kier molecular flexibility index (Phi) is 4.83. The minimum Gasteiger partial charge on any atom is -0.348 e. The van der Waals surface area contributed by atoms with E-state index in [1.807, 2.05) is 0 Å². The average Bonchev–Trinajstić information content (AvgIpc) is 2.63. The molecule has 1 saturated carbocycles. The van der Waals surface area contributed by atoms with Crippen molar-refractivity contribution in [2.75, 3.05) is 0 Å². The molecule has 1 amide bonds. The fourth-order valence-corrected chi connectivity index (χ4v) is 3.46. The number of fused-ring (bicyclic) bond motifs is 1. The molecular weight excluding hydrogens is 365 g/mol. The Labute approximate surface area is 151 Å². The summed E-state index contributed by atoms with van der Waals surface area (Å²) in [4.78, 5) is 40.7. The van der Waals surface area contributed by atoms with E-state index in [4.69, 9.17) is 0 Å². The van der Waals surface area contributed by atoms with E-state index in [9.17, 15) is 27.6 Å². The molecule has 0 bridgehead atoms. The quantitative estimate of drug-likeness (QED) is 0.850. The second-order valence-corrected chi connectivity index (χ2v) is 6.85. The Morgan fingerprint density at radius 3 is 2.56 bits per heavy atom. The first-order valence-corrected chi connectivity index (χ1v) is 8.54. The lowest BCUT2D eigenvalue weighted by Crippen LogP contribution is -2.42. The SMILES string of the molecule is Cn1c(=O)c2ccc(C(=O)NC3CCCC(C(F)(F)F)C3)nc2n(C)c1=O. The number of rotatable bonds is 2. The molecule has 0 aliphatic heterocycles. The average molecular weight is 384 g/mol. The highest BCUT2D eigenvalue weighted by Crippen LogP contribution is 2.37. The van der Waals surface area contributed by atoms with Crippen LogP contribution in [0.4, 0.5) is 13.2 Å². The zero-order valence-corrected chi connectivity index (χ0v) is 14.8. The van der Waals surface area contributed by atoms with Gasteiger partial charge in [0.2, 0.25) is 0 Å². The smallest absolute Gasteiger partial charge is 0.348 e. The Balaban J connectivity index is 1.86. The summed E-state index contributed by atoms with van der Waals surface area (Å²) in [5.74, 6) is -2.05. The molecule has 146 valence electrons. The van der Waals surface area contributed by atoms with Crippen LogP contribution in [0.5, 0.6) is 0 Å². The molecule has 2 atom stereocenters. The van der Waals surface area contributed by atoms with Gasteiger partial charge in [0.15, 0.2) is 0 Å². The minimum atomic E-state index is -4.27. The van der Waals surface area contributed by atoms with Crippen LogP contribution in [0.15, 0.2) is 21.7 Å². The van der Waals surface area contributed by atoms with Gasteiger partial charge in [-0.3, -0.25) is 18.7 Å². The van der Waals surface area contributed by atoms with Gasteiger partial charge < -0.3 is 5.32 Å². The molecule has 0 spiro atoms. The molecule has 0 radical (unpaired) electrons. The molecule has 1 aliphatic rings. The van der Waals surface area contributed by atoms with E-state index < -0.39 is 35.3 Å². The van der Waals surface area contributed by atoms with Crippen LogP contribution in [0.2, 0.25) is 0 Å². The summed E-state index contributed by atoms with van der Waals surface area (Å²) in [6.07, 6.45) is -3.53. The minimum absolute atomic E-state index is 0.0487.